The molecule has 39 heavy (non-hydrogen) atoms. The number of rotatable bonds is 6. The van der Waals surface area contributed by atoms with Crippen molar-refractivity contribution in [3.05, 3.63) is 39.0 Å². The second-order valence-corrected chi connectivity index (χ2v) is 9.79. The van der Waals surface area contributed by atoms with Crippen LogP contribution >= 0.6 is 23.2 Å². The molecule has 0 bridgehead atoms. The van der Waals surface area contributed by atoms with Crippen LogP contribution in [0.5, 0.6) is 0 Å². The van der Waals surface area contributed by atoms with Gasteiger partial charge in [0.15, 0.2) is 11.1 Å². The van der Waals surface area contributed by atoms with Crippen LogP contribution < -0.4 is 5.32 Å². The first-order valence-electron chi connectivity index (χ1n) is 11.2. The lowest BCUT2D eigenvalue weighted by molar-refractivity contribution is -0.182. The molecule has 2 aliphatic rings. The van der Waals surface area contributed by atoms with E-state index in [2.05, 4.69) is 5.10 Å². The molecule has 1 unspecified atom stereocenters. The Kier molecular flexibility index (Phi) is 7.46. The van der Waals surface area contributed by atoms with Gasteiger partial charge in [-0.15, -0.1) is 0 Å². The van der Waals surface area contributed by atoms with Crippen molar-refractivity contribution in [2.75, 3.05) is 31.6 Å². The second-order valence-electron chi connectivity index (χ2n) is 8.98. The summed E-state index contributed by atoms with van der Waals surface area (Å²) in [6, 6.07) is 2.03. The van der Waals surface area contributed by atoms with E-state index in [1.165, 1.54) is 6.07 Å². The van der Waals surface area contributed by atoms with Gasteiger partial charge in [0.2, 0.25) is 0 Å². The maximum absolute atomic E-state index is 14.4. The molecule has 2 aromatic rings. The molecular weight excluding hydrogens is 589 g/mol. The quantitative estimate of drug-likeness (QED) is 0.377. The highest BCUT2D eigenvalue weighted by molar-refractivity contribution is 6.38. The van der Waals surface area contributed by atoms with E-state index in [1.807, 2.05) is 10.2 Å². The van der Waals surface area contributed by atoms with Crippen LogP contribution in [0.3, 0.4) is 0 Å². The molecule has 1 aromatic heterocycles. The molecule has 1 aromatic carbocycles. The summed E-state index contributed by atoms with van der Waals surface area (Å²) in [5.74, 6) is -5.50. The van der Waals surface area contributed by atoms with Gasteiger partial charge in [-0.25, -0.2) is 18.3 Å². The average molecular weight is 606 g/mol. The monoisotopic (exact) mass is 605 g/mol. The van der Waals surface area contributed by atoms with Crippen LogP contribution in [0, 0.1) is 11.3 Å². The number of carbonyl (C=O) groups excluding carboxylic acids is 1. The average Bonchev–Trinajstić information content (AvgIpc) is 3.14. The fourth-order valence-electron chi connectivity index (χ4n) is 4.53. The van der Waals surface area contributed by atoms with E-state index in [4.69, 9.17) is 27.9 Å². The zero-order chi connectivity index (χ0) is 29.0. The van der Waals surface area contributed by atoms with E-state index >= 15 is 0 Å². The van der Waals surface area contributed by atoms with E-state index in [0.717, 1.165) is 25.9 Å². The molecule has 2 fully saturated rings. The van der Waals surface area contributed by atoms with Gasteiger partial charge in [-0.05, 0) is 38.1 Å². The SMILES string of the molecule is N#Cc1nn(-c2c(Cl)cc(C(F)(F)F)cc2Cl)c(NC(=O)OCCN2CCCC2)c1C1(C(F)(F)F)CC1(F)F. The van der Waals surface area contributed by atoms with Crippen LogP contribution in [-0.4, -0.2) is 59.1 Å². The van der Waals surface area contributed by atoms with E-state index in [9.17, 15) is 45.2 Å². The molecule has 1 N–H and O–H groups in total. The van der Waals surface area contributed by atoms with E-state index in [1.54, 1.807) is 0 Å². The van der Waals surface area contributed by atoms with Gasteiger partial charge in [0.05, 0.1) is 21.2 Å². The lowest BCUT2D eigenvalue weighted by Gasteiger charge is -2.22. The zero-order valence-corrected chi connectivity index (χ0v) is 21.0. The third-order valence-corrected chi connectivity index (χ3v) is 7.08. The second kappa shape index (κ2) is 9.97. The number of nitriles is 1. The molecule has 0 radical (unpaired) electrons. The topological polar surface area (TPSA) is 83.2 Å². The molecule has 4 rings (SSSR count). The highest BCUT2D eigenvalue weighted by Crippen LogP contribution is 2.70. The molecule has 1 atom stereocenters. The van der Waals surface area contributed by atoms with Crippen molar-refractivity contribution in [3.8, 4) is 11.8 Å². The molecule has 17 heteroatoms. The first-order chi connectivity index (χ1) is 18.0. The lowest BCUT2D eigenvalue weighted by atomic mass is 9.93. The predicted octanol–water partition coefficient (Wildman–Crippen LogP) is 6.55. The third kappa shape index (κ3) is 5.21. The molecular formula is C22H17Cl2F8N5O2. The highest BCUT2D eigenvalue weighted by atomic mass is 35.5. The summed E-state index contributed by atoms with van der Waals surface area (Å²) < 4.78 is 116. The van der Waals surface area contributed by atoms with Crippen molar-refractivity contribution in [2.45, 2.75) is 43.0 Å². The van der Waals surface area contributed by atoms with E-state index in [0.29, 0.717) is 16.8 Å². The van der Waals surface area contributed by atoms with Gasteiger partial charge in [0.25, 0.3) is 5.92 Å². The Hall–Kier alpha value is -2.83. The maximum atomic E-state index is 14.4. The minimum absolute atomic E-state index is 0.219. The van der Waals surface area contributed by atoms with Gasteiger partial charge in [-0.1, -0.05) is 23.2 Å². The Bertz CT molecular complexity index is 1310. The number of hydrogen-bond acceptors (Lipinski definition) is 5. The minimum Gasteiger partial charge on any atom is -0.448 e. The number of nitrogens with one attached hydrogen (secondary N) is 1. The standard InChI is InChI=1S/C22H17Cl2F8N5O2/c23-12-7-11(21(27,28)29)8-13(24)16(12)37-17(34-18(38)39-6-5-36-3-1-2-4-36)15(14(9-33)35-37)19(22(30,31)32)10-20(19,25)26/h7-8H,1-6,10H2,(H,34,38). The van der Waals surface area contributed by atoms with Gasteiger partial charge in [0.1, 0.15) is 24.2 Å². The highest BCUT2D eigenvalue weighted by Gasteiger charge is 2.86. The van der Waals surface area contributed by atoms with E-state index in [-0.39, 0.29) is 13.2 Å². The first kappa shape index (κ1) is 29.2. The number of alkyl halides is 8. The summed E-state index contributed by atoms with van der Waals surface area (Å²) in [6.45, 7) is 1.54. The summed E-state index contributed by atoms with van der Waals surface area (Å²) in [7, 11) is 0. The molecule has 0 spiro atoms. The molecule has 2 heterocycles. The van der Waals surface area contributed by atoms with Crippen LogP contribution in [0.25, 0.3) is 5.69 Å². The number of aromatic nitrogens is 2. The number of hydrogen-bond donors (Lipinski definition) is 1. The van der Waals surface area contributed by atoms with Gasteiger partial charge in [0, 0.05) is 13.0 Å². The molecule has 1 saturated heterocycles. The number of ether oxygens (including phenoxy) is 1. The maximum Gasteiger partial charge on any atom is 0.416 e. The van der Waals surface area contributed by atoms with Crippen molar-refractivity contribution in [1.82, 2.24) is 14.7 Å². The number of benzene rings is 1. The number of amides is 1. The molecule has 7 nitrogen and oxygen atoms in total. The molecule has 1 aliphatic carbocycles. The fourth-order valence-corrected chi connectivity index (χ4v) is 5.17. The lowest BCUT2D eigenvalue weighted by Crippen LogP contribution is -2.36. The van der Waals surface area contributed by atoms with Crippen LogP contribution in [0.4, 0.5) is 45.7 Å². The summed E-state index contributed by atoms with van der Waals surface area (Å²) in [4.78, 5) is 14.5. The van der Waals surface area contributed by atoms with Crippen LogP contribution in [0.2, 0.25) is 10.0 Å². The van der Waals surface area contributed by atoms with Gasteiger partial charge in [-0.2, -0.15) is 36.7 Å². The smallest absolute Gasteiger partial charge is 0.416 e. The van der Waals surface area contributed by atoms with Gasteiger partial charge < -0.3 is 4.74 Å². The zero-order valence-electron chi connectivity index (χ0n) is 19.5. The summed E-state index contributed by atoms with van der Waals surface area (Å²) in [6.07, 6.45) is -11.9. The fraction of sp³-hybridized carbons (Fsp3) is 0.500. The molecule has 1 saturated carbocycles. The summed E-state index contributed by atoms with van der Waals surface area (Å²) in [5, 5.41) is 13.4. The van der Waals surface area contributed by atoms with Gasteiger partial charge >= 0.3 is 18.4 Å². The third-order valence-electron chi connectivity index (χ3n) is 6.50. The number of nitrogens with zero attached hydrogens (tertiary/aromatic N) is 4. The Morgan fingerprint density at radius 2 is 1.69 bits per heavy atom. The molecule has 212 valence electrons. The molecule has 1 amide bonds. The Morgan fingerprint density at radius 1 is 1.13 bits per heavy atom. The largest absolute Gasteiger partial charge is 0.448 e. The van der Waals surface area contributed by atoms with E-state index < -0.39 is 74.6 Å². The van der Waals surface area contributed by atoms with Gasteiger partial charge in [-0.3, -0.25) is 10.2 Å². The summed E-state index contributed by atoms with van der Waals surface area (Å²) >= 11 is 11.9. The Balaban J connectivity index is 1.83. The summed E-state index contributed by atoms with van der Waals surface area (Å²) in [5.41, 5.74) is -8.52. The predicted molar refractivity (Wildman–Crippen MR) is 121 cm³/mol. The normalized spacial score (nSPS) is 21.1. The first-order valence-corrected chi connectivity index (χ1v) is 12.0. The van der Waals surface area contributed by atoms with Crippen molar-refractivity contribution < 1.29 is 44.7 Å². The minimum atomic E-state index is -5.63. The van der Waals surface area contributed by atoms with Crippen LogP contribution in [0.15, 0.2) is 12.1 Å². The van der Waals surface area contributed by atoms with Crippen LogP contribution in [-0.2, 0) is 16.3 Å². The molecule has 1 aliphatic heterocycles. The number of halogens is 10. The number of likely N-dealkylation sites (tertiary alicyclic amines) is 1. The van der Waals surface area contributed by atoms with Crippen molar-refractivity contribution in [3.63, 3.8) is 0 Å². The number of anilines is 1. The van der Waals surface area contributed by atoms with Crippen LogP contribution in [0.1, 0.15) is 36.1 Å². The van der Waals surface area contributed by atoms with Crippen molar-refractivity contribution >= 4 is 35.1 Å². The van der Waals surface area contributed by atoms with Crippen molar-refractivity contribution in [2.24, 2.45) is 0 Å². The Morgan fingerprint density at radius 3 is 2.15 bits per heavy atom. The van der Waals surface area contributed by atoms with Crippen molar-refractivity contribution in [1.29, 1.82) is 5.26 Å². The Labute approximate surface area is 225 Å². The number of carbonyl (C=O) groups is 1.